The fraction of sp³-hybridized carbons (Fsp3) is 0.364. The normalized spacial score (nSPS) is 11.9. The Hall–Kier alpha value is -2.27. The molecule has 2 rings (SSSR count). The van der Waals surface area contributed by atoms with Gasteiger partial charge in [0.25, 0.3) is 0 Å². The first-order valence-corrected chi connectivity index (χ1v) is 10.2. The number of nitrogens with one attached hydrogen (secondary N) is 1. The Labute approximate surface area is 166 Å². The standard InChI is InChI=1S/C22H28N2O2S/c1-16(2)23-22(26)18(4)24(14-19-10-8-9-17(3)13-19)21(25)15-27-20-11-6-5-7-12-20/h5-13,16,18H,14-15H2,1-4H3,(H,23,26)/t18-/m1/s1. The maximum Gasteiger partial charge on any atom is 0.242 e. The van der Waals surface area contributed by atoms with Crippen molar-refractivity contribution in [3.8, 4) is 0 Å². The van der Waals surface area contributed by atoms with Gasteiger partial charge in [0.1, 0.15) is 6.04 Å². The van der Waals surface area contributed by atoms with Gasteiger partial charge in [-0.05, 0) is 45.4 Å². The number of carbonyl (C=O) groups excluding carboxylic acids is 2. The van der Waals surface area contributed by atoms with Crippen molar-refractivity contribution in [2.24, 2.45) is 0 Å². The molecular formula is C22H28N2O2S. The number of carbonyl (C=O) groups is 2. The summed E-state index contributed by atoms with van der Waals surface area (Å²) in [5.41, 5.74) is 2.16. The molecule has 2 aromatic carbocycles. The molecule has 0 aromatic heterocycles. The zero-order valence-electron chi connectivity index (χ0n) is 16.4. The number of amides is 2. The second kappa shape index (κ2) is 10.2. The van der Waals surface area contributed by atoms with Crippen LogP contribution in [0.25, 0.3) is 0 Å². The van der Waals surface area contributed by atoms with Crippen molar-refractivity contribution in [3.05, 3.63) is 65.7 Å². The Morgan fingerprint density at radius 1 is 1.04 bits per heavy atom. The van der Waals surface area contributed by atoms with Crippen molar-refractivity contribution in [2.75, 3.05) is 5.75 Å². The Morgan fingerprint density at radius 3 is 2.37 bits per heavy atom. The Bertz CT molecular complexity index is 762. The Morgan fingerprint density at radius 2 is 1.74 bits per heavy atom. The molecule has 2 amide bonds. The summed E-state index contributed by atoms with van der Waals surface area (Å²) in [6.45, 7) is 8.07. The lowest BCUT2D eigenvalue weighted by atomic mass is 10.1. The fourth-order valence-corrected chi connectivity index (χ4v) is 3.55. The highest BCUT2D eigenvalue weighted by atomic mass is 32.2. The summed E-state index contributed by atoms with van der Waals surface area (Å²) in [7, 11) is 0. The first-order chi connectivity index (χ1) is 12.9. The van der Waals surface area contributed by atoms with Crippen LogP contribution in [0, 0.1) is 6.92 Å². The summed E-state index contributed by atoms with van der Waals surface area (Å²) >= 11 is 1.49. The third kappa shape index (κ3) is 6.75. The molecule has 27 heavy (non-hydrogen) atoms. The summed E-state index contributed by atoms with van der Waals surface area (Å²) in [6.07, 6.45) is 0. The van der Waals surface area contributed by atoms with Gasteiger partial charge in [0.2, 0.25) is 11.8 Å². The molecule has 144 valence electrons. The van der Waals surface area contributed by atoms with Gasteiger partial charge in [0.15, 0.2) is 0 Å². The molecule has 2 aromatic rings. The molecule has 0 saturated carbocycles. The molecular weight excluding hydrogens is 356 g/mol. The lowest BCUT2D eigenvalue weighted by Crippen LogP contribution is -2.49. The van der Waals surface area contributed by atoms with Gasteiger partial charge in [-0.3, -0.25) is 9.59 Å². The molecule has 1 N–H and O–H groups in total. The van der Waals surface area contributed by atoms with Crippen LogP contribution in [0.1, 0.15) is 31.9 Å². The van der Waals surface area contributed by atoms with E-state index in [0.29, 0.717) is 12.3 Å². The smallest absolute Gasteiger partial charge is 0.242 e. The number of thioether (sulfide) groups is 1. The second-order valence-corrected chi connectivity index (χ2v) is 8.00. The summed E-state index contributed by atoms with van der Waals surface area (Å²) < 4.78 is 0. The lowest BCUT2D eigenvalue weighted by molar-refractivity contribution is -0.138. The number of hydrogen-bond acceptors (Lipinski definition) is 3. The van der Waals surface area contributed by atoms with E-state index in [1.165, 1.54) is 11.8 Å². The van der Waals surface area contributed by atoms with Crippen LogP contribution in [-0.2, 0) is 16.1 Å². The van der Waals surface area contributed by atoms with E-state index >= 15 is 0 Å². The molecule has 0 saturated heterocycles. The average molecular weight is 385 g/mol. The minimum atomic E-state index is -0.531. The van der Waals surface area contributed by atoms with E-state index in [9.17, 15) is 9.59 Å². The van der Waals surface area contributed by atoms with Crippen molar-refractivity contribution >= 4 is 23.6 Å². The molecule has 5 heteroatoms. The third-order valence-electron chi connectivity index (χ3n) is 4.14. The topological polar surface area (TPSA) is 49.4 Å². The van der Waals surface area contributed by atoms with E-state index in [4.69, 9.17) is 0 Å². The van der Waals surface area contributed by atoms with Crippen molar-refractivity contribution < 1.29 is 9.59 Å². The number of aryl methyl sites for hydroxylation is 1. The maximum atomic E-state index is 13.0. The third-order valence-corrected chi connectivity index (χ3v) is 5.14. The van der Waals surface area contributed by atoms with Crippen LogP contribution in [0.5, 0.6) is 0 Å². The summed E-state index contributed by atoms with van der Waals surface area (Å²) in [4.78, 5) is 28.2. The van der Waals surface area contributed by atoms with Gasteiger partial charge in [-0.2, -0.15) is 0 Å². The van der Waals surface area contributed by atoms with Crippen LogP contribution in [0.3, 0.4) is 0 Å². The van der Waals surface area contributed by atoms with Crippen LogP contribution < -0.4 is 5.32 Å². The molecule has 4 nitrogen and oxygen atoms in total. The molecule has 0 unspecified atom stereocenters. The molecule has 0 heterocycles. The highest BCUT2D eigenvalue weighted by Gasteiger charge is 2.26. The van der Waals surface area contributed by atoms with Gasteiger partial charge in [-0.25, -0.2) is 0 Å². The van der Waals surface area contributed by atoms with E-state index in [-0.39, 0.29) is 17.9 Å². The van der Waals surface area contributed by atoms with E-state index in [2.05, 4.69) is 11.4 Å². The van der Waals surface area contributed by atoms with Crippen LogP contribution in [0.4, 0.5) is 0 Å². The monoisotopic (exact) mass is 384 g/mol. The molecule has 1 atom stereocenters. The second-order valence-electron chi connectivity index (χ2n) is 6.95. The highest BCUT2D eigenvalue weighted by Crippen LogP contribution is 2.19. The SMILES string of the molecule is Cc1cccc(CN(C(=O)CSc2ccccc2)[C@H](C)C(=O)NC(C)C)c1. The molecule has 0 aliphatic heterocycles. The van der Waals surface area contributed by atoms with Crippen LogP contribution in [-0.4, -0.2) is 34.6 Å². The fourth-order valence-electron chi connectivity index (χ4n) is 2.74. The number of rotatable bonds is 8. The first-order valence-electron chi connectivity index (χ1n) is 9.20. The average Bonchev–Trinajstić information content (AvgIpc) is 2.64. The number of hydrogen-bond donors (Lipinski definition) is 1. The van der Waals surface area contributed by atoms with Gasteiger partial charge in [0, 0.05) is 17.5 Å². The van der Waals surface area contributed by atoms with Crippen LogP contribution >= 0.6 is 11.8 Å². The Balaban J connectivity index is 2.14. The zero-order valence-corrected chi connectivity index (χ0v) is 17.3. The van der Waals surface area contributed by atoms with E-state index in [1.54, 1.807) is 11.8 Å². The highest BCUT2D eigenvalue weighted by molar-refractivity contribution is 8.00. The van der Waals surface area contributed by atoms with E-state index < -0.39 is 6.04 Å². The lowest BCUT2D eigenvalue weighted by Gasteiger charge is -2.29. The molecule has 0 bridgehead atoms. The predicted molar refractivity (Wildman–Crippen MR) is 112 cm³/mol. The summed E-state index contributed by atoms with van der Waals surface area (Å²) in [5.74, 6) is 0.127. The molecule has 0 radical (unpaired) electrons. The predicted octanol–water partition coefficient (Wildman–Crippen LogP) is 4.03. The van der Waals surface area contributed by atoms with Crippen LogP contribution in [0.2, 0.25) is 0 Å². The number of benzene rings is 2. The van der Waals surface area contributed by atoms with Crippen LogP contribution in [0.15, 0.2) is 59.5 Å². The number of nitrogens with zero attached hydrogens (tertiary/aromatic N) is 1. The van der Waals surface area contributed by atoms with Crippen molar-refractivity contribution in [3.63, 3.8) is 0 Å². The minimum absolute atomic E-state index is 0.0366. The van der Waals surface area contributed by atoms with Gasteiger partial charge < -0.3 is 10.2 Å². The van der Waals surface area contributed by atoms with Crippen molar-refractivity contribution in [1.29, 1.82) is 0 Å². The van der Waals surface area contributed by atoms with E-state index in [0.717, 1.165) is 16.0 Å². The van der Waals surface area contributed by atoms with Gasteiger partial charge >= 0.3 is 0 Å². The molecule has 0 aliphatic rings. The maximum absolute atomic E-state index is 13.0. The van der Waals surface area contributed by atoms with Gasteiger partial charge in [0.05, 0.1) is 5.75 Å². The van der Waals surface area contributed by atoms with Crippen molar-refractivity contribution in [2.45, 2.75) is 51.2 Å². The molecule has 0 aliphatic carbocycles. The quantitative estimate of drug-likeness (QED) is 0.699. The van der Waals surface area contributed by atoms with Gasteiger partial charge in [-0.1, -0.05) is 48.0 Å². The summed E-state index contributed by atoms with van der Waals surface area (Å²) in [5, 5.41) is 2.91. The minimum Gasteiger partial charge on any atom is -0.352 e. The first kappa shape index (κ1) is 21.0. The molecule has 0 fully saturated rings. The largest absolute Gasteiger partial charge is 0.352 e. The summed E-state index contributed by atoms with van der Waals surface area (Å²) in [6, 6.07) is 17.4. The van der Waals surface area contributed by atoms with Gasteiger partial charge in [-0.15, -0.1) is 11.8 Å². The Kier molecular flexibility index (Phi) is 7.92. The zero-order chi connectivity index (χ0) is 19.8. The molecule has 0 spiro atoms. The van der Waals surface area contributed by atoms with E-state index in [1.807, 2.05) is 69.3 Å². The van der Waals surface area contributed by atoms with Crippen molar-refractivity contribution in [1.82, 2.24) is 10.2 Å².